The Hall–Kier alpha value is -1.26. The van der Waals surface area contributed by atoms with E-state index in [1.807, 2.05) is 45.0 Å². The maximum absolute atomic E-state index is 12.1. The molecule has 0 fully saturated rings. The fourth-order valence-corrected chi connectivity index (χ4v) is 1.96. The smallest absolute Gasteiger partial charge is 0.415 e. The summed E-state index contributed by atoms with van der Waals surface area (Å²) in [5.41, 5.74) is 3.16. The second-order valence-corrected chi connectivity index (χ2v) is 6.20. The number of benzene rings is 1. The van der Waals surface area contributed by atoms with E-state index in [0.29, 0.717) is 6.54 Å². The first-order valence-corrected chi connectivity index (χ1v) is 7.00. The predicted molar refractivity (Wildman–Crippen MR) is 84.6 cm³/mol. The van der Waals surface area contributed by atoms with Gasteiger partial charge < -0.3 is 4.74 Å². The highest BCUT2D eigenvalue weighted by Gasteiger charge is 2.21. The van der Waals surface area contributed by atoms with Crippen LogP contribution in [0.3, 0.4) is 0 Å². The summed E-state index contributed by atoms with van der Waals surface area (Å²) in [5.74, 6) is 0. The molecule has 0 saturated carbocycles. The van der Waals surface area contributed by atoms with Crippen molar-refractivity contribution in [3.63, 3.8) is 0 Å². The third kappa shape index (κ3) is 5.49. The molecule has 0 heterocycles. The third-order valence-corrected chi connectivity index (χ3v) is 3.23. The normalized spacial score (nSPS) is 10.5. The number of carbonyl (C=O) groups excluding carboxylic acids is 1. The van der Waals surface area contributed by atoms with Gasteiger partial charge >= 0.3 is 6.09 Å². The second kappa shape index (κ2) is 6.78. The molecule has 1 rings (SSSR count). The van der Waals surface area contributed by atoms with Crippen LogP contribution in [0.5, 0.6) is 0 Å². The number of ether oxygens (including phenoxy) is 1. The van der Waals surface area contributed by atoms with Gasteiger partial charge in [-0.15, -0.1) is 5.73 Å². The van der Waals surface area contributed by atoms with Gasteiger partial charge in [0.2, 0.25) is 0 Å². The first kappa shape index (κ1) is 15.8. The van der Waals surface area contributed by atoms with E-state index in [0.717, 1.165) is 9.13 Å². The van der Waals surface area contributed by atoms with E-state index >= 15 is 0 Å². The van der Waals surface area contributed by atoms with Crippen molar-refractivity contribution in [1.82, 2.24) is 4.90 Å². The zero-order chi connectivity index (χ0) is 14.5. The molecule has 19 heavy (non-hydrogen) atoms. The van der Waals surface area contributed by atoms with Crippen LogP contribution in [0.4, 0.5) is 4.79 Å². The van der Waals surface area contributed by atoms with Crippen molar-refractivity contribution < 1.29 is 9.53 Å². The molecule has 0 aliphatic rings. The minimum atomic E-state index is -0.520. The van der Waals surface area contributed by atoms with Gasteiger partial charge in [-0.2, -0.15) is 0 Å². The number of nitrogens with zero attached hydrogens (tertiary/aromatic N) is 1. The molecule has 0 spiro atoms. The van der Waals surface area contributed by atoms with E-state index in [1.165, 1.54) is 11.1 Å². The van der Waals surface area contributed by atoms with Crippen LogP contribution in [-0.2, 0) is 11.3 Å². The lowest BCUT2D eigenvalue weighted by atomic mass is 10.2. The zero-order valence-electron chi connectivity index (χ0n) is 11.4. The van der Waals surface area contributed by atoms with Crippen molar-refractivity contribution >= 4 is 28.7 Å². The maximum Gasteiger partial charge on any atom is 0.415 e. The fourth-order valence-electron chi connectivity index (χ4n) is 1.40. The van der Waals surface area contributed by atoms with Gasteiger partial charge in [0.15, 0.2) is 0 Å². The number of amides is 1. The minimum absolute atomic E-state index is 0.400. The van der Waals surface area contributed by atoms with E-state index in [9.17, 15) is 4.79 Å². The Morgan fingerprint density at radius 3 is 2.63 bits per heavy atom. The molecule has 4 heteroatoms. The average Bonchev–Trinajstić information content (AvgIpc) is 2.29. The van der Waals surface area contributed by atoms with Crippen molar-refractivity contribution in [3.8, 4) is 0 Å². The van der Waals surface area contributed by atoms with Gasteiger partial charge in [-0.1, -0.05) is 24.8 Å². The lowest BCUT2D eigenvalue weighted by Crippen LogP contribution is -2.33. The topological polar surface area (TPSA) is 29.5 Å². The van der Waals surface area contributed by atoms with Gasteiger partial charge in [0, 0.05) is 3.57 Å². The van der Waals surface area contributed by atoms with Gasteiger partial charge in [0.05, 0.1) is 12.7 Å². The molecule has 1 amide bonds. The highest BCUT2D eigenvalue weighted by atomic mass is 127. The lowest BCUT2D eigenvalue weighted by Gasteiger charge is -2.25. The Balaban J connectivity index is 2.88. The zero-order valence-corrected chi connectivity index (χ0v) is 13.6. The molecule has 3 nitrogen and oxygen atoms in total. The van der Waals surface area contributed by atoms with Crippen LogP contribution in [0.15, 0.2) is 42.8 Å². The summed E-state index contributed by atoms with van der Waals surface area (Å²) < 4.78 is 6.45. The van der Waals surface area contributed by atoms with Crippen LogP contribution < -0.4 is 0 Å². The van der Waals surface area contributed by atoms with Gasteiger partial charge in [0.25, 0.3) is 0 Å². The summed E-state index contributed by atoms with van der Waals surface area (Å²) in [6, 6.07) is 7.89. The molecule has 0 saturated heterocycles. The van der Waals surface area contributed by atoms with Crippen LogP contribution in [0.2, 0.25) is 0 Å². The SMILES string of the molecule is C=C=CN(Cc1ccccc1I)C(=O)OC(C)(C)C. The first-order valence-electron chi connectivity index (χ1n) is 5.92. The number of hydrogen-bond donors (Lipinski definition) is 0. The van der Waals surface area contributed by atoms with E-state index in [2.05, 4.69) is 34.9 Å². The Morgan fingerprint density at radius 2 is 2.11 bits per heavy atom. The van der Waals surface area contributed by atoms with E-state index in [1.54, 1.807) is 0 Å². The fraction of sp³-hybridized carbons (Fsp3) is 0.333. The average molecular weight is 371 g/mol. The summed E-state index contributed by atoms with van der Waals surface area (Å²) in [6.07, 6.45) is 1.11. The van der Waals surface area contributed by atoms with Crippen LogP contribution >= 0.6 is 22.6 Å². The third-order valence-electron chi connectivity index (χ3n) is 2.17. The van der Waals surface area contributed by atoms with E-state index in [4.69, 9.17) is 4.74 Å². The van der Waals surface area contributed by atoms with E-state index in [-0.39, 0.29) is 0 Å². The van der Waals surface area contributed by atoms with Crippen molar-refractivity contribution in [3.05, 3.63) is 51.9 Å². The molecule has 0 bridgehead atoms. The van der Waals surface area contributed by atoms with Gasteiger partial charge in [-0.25, -0.2) is 4.79 Å². The molecule has 0 aliphatic carbocycles. The molecule has 1 aromatic carbocycles. The van der Waals surface area contributed by atoms with Crippen LogP contribution in [0.25, 0.3) is 0 Å². The van der Waals surface area contributed by atoms with Gasteiger partial charge in [0.1, 0.15) is 5.60 Å². The molecule has 102 valence electrons. The quantitative estimate of drug-likeness (QED) is 0.585. The van der Waals surface area contributed by atoms with E-state index < -0.39 is 11.7 Å². The summed E-state index contributed by atoms with van der Waals surface area (Å²) in [4.78, 5) is 13.5. The Kier molecular flexibility index (Phi) is 5.63. The number of hydrogen-bond acceptors (Lipinski definition) is 2. The Labute approximate surface area is 128 Å². The molecule has 0 radical (unpaired) electrons. The van der Waals surface area contributed by atoms with Crippen molar-refractivity contribution in [2.24, 2.45) is 0 Å². The van der Waals surface area contributed by atoms with Crippen LogP contribution in [0, 0.1) is 3.57 Å². The highest BCUT2D eigenvalue weighted by Crippen LogP contribution is 2.16. The second-order valence-electron chi connectivity index (χ2n) is 5.03. The van der Waals surface area contributed by atoms with Crippen LogP contribution in [-0.4, -0.2) is 16.6 Å². The summed E-state index contributed by atoms with van der Waals surface area (Å²) >= 11 is 2.25. The number of carbonyl (C=O) groups is 1. The first-order chi connectivity index (χ1) is 8.83. The Bertz CT molecular complexity index is 499. The maximum atomic E-state index is 12.1. The molecule has 0 atom stereocenters. The predicted octanol–water partition coefficient (Wildman–Crippen LogP) is 4.33. The summed E-state index contributed by atoms with van der Waals surface area (Å²) in [7, 11) is 0. The summed E-state index contributed by atoms with van der Waals surface area (Å²) in [6.45, 7) is 9.47. The summed E-state index contributed by atoms with van der Waals surface area (Å²) in [5, 5.41) is 0. The van der Waals surface area contributed by atoms with Crippen molar-refractivity contribution in [1.29, 1.82) is 0 Å². The standard InChI is InChI=1S/C15H18INO2/c1-5-10-17(14(18)19-15(2,3)4)11-12-8-6-7-9-13(12)16/h6-10H,1,11H2,2-4H3. The molecule has 0 unspecified atom stereocenters. The minimum Gasteiger partial charge on any atom is -0.443 e. The molecule has 0 aromatic heterocycles. The van der Waals surface area contributed by atoms with Crippen molar-refractivity contribution in [2.75, 3.05) is 0 Å². The number of halogens is 1. The van der Waals surface area contributed by atoms with Gasteiger partial charge in [-0.3, -0.25) is 4.90 Å². The van der Waals surface area contributed by atoms with Crippen molar-refractivity contribution in [2.45, 2.75) is 32.9 Å². The molecular weight excluding hydrogens is 353 g/mol. The lowest BCUT2D eigenvalue weighted by molar-refractivity contribution is 0.0323. The molecule has 1 aromatic rings. The van der Waals surface area contributed by atoms with Crippen LogP contribution in [0.1, 0.15) is 26.3 Å². The monoisotopic (exact) mass is 371 g/mol. The molecule has 0 N–H and O–H groups in total. The molecule has 0 aliphatic heterocycles. The Morgan fingerprint density at radius 1 is 1.47 bits per heavy atom. The number of rotatable bonds is 3. The highest BCUT2D eigenvalue weighted by molar-refractivity contribution is 14.1. The molecular formula is C15H18INO2. The largest absolute Gasteiger partial charge is 0.443 e. The van der Waals surface area contributed by atoms with Gasteiger partial charge in [-0.05, 0) is 55.0 Å².